The summed E-state index contributed by atoms with van der Waals surface area (Å²) in [7, 11) is 0. The summed E-state index contributed by atoms with van der Waals surface area (Å²) in [6, 6.07) is 20.5. The second kappa shape index (κ2) is 9.72. The van der Waals surface area contributed by atoms with Gasteiger partial charge in [-0.2, -0.15) is 18.3 Å². The summed E-state index contributed by atoms with van der Waals surface area (Å²) >= 11 is 0. The average Bonchev–Trinajstić information content (AvgIpc) is 3.34. The first-order valence-corrected chi connectivity index (χ1v) is 11.8. The number of amides is 1. The van der Waals surface area contributed by atoms with Gasteiger partial charge in [0.2, 0.25) is 0 Å². The van der Waals surface area contributed by atoms with Crippen molar-refractivity contribution in [3.05, 3.63) is 102 Å². The molecule has 5 rings (SSSR count). The van der Waals surface area contributed by atoms with E-state index in [1.54, 1.807) is 35.2 Å². The molecular formula is C28H24F4N4O. The van der Waals surface area contributed by atoms with Crippen LogP contribution in [0.3, 0.4) is 0 Å². The van der Waals surface area contributed by atoms with Crippen LogP contribution in [0.1, 0.15) is 21.6 Å². The Kier molecular flexibility index (Phi) is 6.45. The molecule has 1 fully saturated rings. The molecule has 0 spiro atoms. The van der Waals surface area contributed by atoms with Crippen LogP contribution in [0.25, 0.3) is 16.9 Å². The fourth-order valence-corrected chi connectivity index (χ4v) is 4.43. The van der Waals surface area contributed by atoms with Gasteiger partial charge in [-0.15, -0.1) is 0 Å². The third kappa shape index (κ3) is 5.07. The number of anilines is 1. The molecule has 1 aliphatic heterocycles. The molecule has 2 heterocycles. The first kappa shape index (κ1) is 24.5. The summed E-state index contributed by atoms with van der Waals surface area (Å²) in [5.41, 5.74) is 2.39. The molecule has 9 heteroatoms. The van der Waals surface area contributed by atoms with Gasteiger partial charge in [0.1, 0.15) is 11.5 Å². The van der Waals surface area contributed by atoms with Crippen molar-refractivity contribution < 1.29 is 22.4 Å². The van der Waals surface area contributed by atoms with Crippen molar-refractivity contribution in [3.8, 4) is 16.9 Å². The van der Waals surface area contributed by atoms with Gasteiger partial charge in [-0.1, -0.05) is 35.9 Å². The number of carbonyl (C=O) groups is 1. The van der Waals surface area contributed by atoms with E-state index < -0.39 is 17.6 Å². The van der Waals surface area contributed by atoms with Crippen LogP contribution in [0, 0.1) is 12.7 Å². The van der Waals surface area contributed by atoms with Gasteiger partial charge in [0.05, 0.1) is 16.9 Å². The number of alkyl halides is 3. The molecule has 0 unspecified atom stereocenters. The number of halogens is 4. The van der Waals surface area contributed by atoms with Crippen molar-refractivity contribution in [1.82, 2.24) is 14.7 Å². The Balaban J connectivity index is 1.41. The average molecular weight is 509 g/mol. The number of aromatic nitrogens is 2. The molecule has 5 nitrogen and oxygen atoms in total. The van der Waals surface area contributed by atoms with Gasteiger partial charge in [-0.3, -0.25) is 4.79 Å². The molecule has 37 heavy (non-hydrogen) atoms. The van der Waals surface area contributed by atoms with E-state index in [0.717, 1.165) is 17.7 Å². The Bertz CT molecular complexity index is 1420. The van der Waals surface area contributed by atoms with E-state index in [9.17, 15) is 22.4 Å². The lowest BCUT2D eigenvalue weighted by atomic mass is 10.1. The summed E-state index contributed by atoms with van der Waals surface area (Å²) in [5, 5.41) is 4.56. The lowest BCUT2D eigenvalue weighted by Crippen LogP contribution is -2.49. The van der Waals surface area contributed by atoms with Gasteiger partial charge < -0.3 is 9.80 Å². The summed E-state index contributed by atoms with van der Waals surface area (Å²) in [6.45, 7) is 3.36. The van der Waals surface area contributed by atoms with Crippen molar-refractivity contribution in [2.45, 2.75) is 13.1 Å². The highest BCUT2D eigenvalue weighted by Gasteiger charge is 2.32. The molecule has 1 saturated heterocycles. The highest BCUT2D eigenvalue weighted by Crippen LogP contribution is 2.32. The minimum Gasteiger partial charge on any atom is -0.368 e. The van der Waals surface area contributed by atoms with E-state index in [1.165, 1.54) is 16.8 Å². The Labute approximate surface area is 211 Å². The summed E-state index contributed by atoms with van der Waals surface area (Å²) in [4.78, 5) is 17.1. The van der Waals surface area contributed by atoms with Crippen LogP contribution in [-0.4, -0.2) is 46.8 Å². The Morgan fingerprint density at radius 3 is 2.22 bits per heavy atom. The zero-order valence-corrected chi connectivity index (χ0v) is 20.0. The molecule has 0 N–H and O–H groups in total. The van der Waals surface area contributed by atoms with Gasteiger partial charge in [0, 0.05) is 37.4 Å². The van der Waals surface area contributed by atoms with Crippen LogP contribution in [0.2, 0.25) is 0 Å². The molecule has 0 aliphatic carbocycles. The van der Waals surface area contributed by atoms with Crippen LogP contribution in [0.5, 0.6) is 0 Å². The maximum absolute atomic E-state index is 14.5. The Morgan fingerprint density at radius 1 is 0.838 bits per heavy atom. The SMILES string of the molecule is Cc1ccc(-n2nc(-c3ccccc3F)cc2C(=O)N2CCN(c3cccc(C(F)(F)F)c3)CC2)cc1. The highest BCUT2D eigenvalue weighted by molar-refractivity contribution is 5.94. The number of nitrogens with zero attached hydrogens (tertiary/aromatic N) is 4. The van der Waals surface area contributed by atoms with Crippen molar-refractivity contribution >= 4 is 11.6 Å². The number of aryl methyl sites for hydroxylation is 1. The number of hydrogen-bond acceptors (Lipinski definition) is 3. The predicted molar refractivity (Wildman–Crippen MR) is 133 cm³/mol. The predicted octanol–water partition coefficient (Wildman–Crippen LogP) is 5.97. The van der Waals surface area contributed by atoms with E-state index in [2.05, 4.69) is 5.10 Å². The lowest BCUT2D eigenvalue weighted by molar-refractivity contribution is -0.137. The molecule has 1 aliphatic rings. The number of benzene rings is 3. The van der Waals surface area contributed by atoms with Gasteiger partial charge in [0.25, 0.3) is 5.91 Å². The van der Waals surface area contributed by atoms with Crippen LogP contribution >= 0.6 is 0 Å². The molecule has 0 radical (unpaired) electrons. The smallest absolute Gasteiger partial charge is 0.368 e. The number of carbonyl (C=O) groups excluding carboxylic acids is 1. The minimum atomic E-state index is -4.42. The Hall–Kier alpha value is -4.14. The highest BCUT2D eigenvalue weighted by atomic mass is 19.4. The van der Waals surface area contributed by atoms with Gasteiger partial charge >= 0.3 is 6.18 Å². The van der Waals surface area contributed by atoms with Crippen molar-refractivity contribution in [2.24, 2.45) is 0 Å². The summed E-state index contributed by atoms with van der Waals surface area (Å²) in [5.74, 6) is -0.718. The molecule has 3 aromatic carbocycles. The maximum Gasteiger partial charge on any atom is 0.416 e. The van der Waals surface area contributed by atoms with E-state index >= 15 is 0 Å². The molecule has 4 aromatic rings. The largest absolute Gasteiger partial charge is 0.416 e. The molecule has 1 amide bonds. The summed E-state index contributed by atoms with van der Waals surface area (Å²) in [6.07, 6.45) is -4.42. The zero-order valence-electron chi connectivity index (χ0n) is 20.0. The monoisotopic (exact) mass is 508 g/mol. The second-order valence-corrected chi connectivity index (χ2v) is 8.97. The first-order chi connectivity index (χ1) is 17.7. The van der Waals surface area contributed by atoms with Gasteiger partial charge in [0.15, 0.2) is 0 Å². The molecule has 0 saturated carbocycles. The summed E-state index contributed by atoms with van der Waals surface area (Å²) < 4.78 is 55.4. The van der Waals surface area contributed by atoms with Crippen LogP contribution in [0.4, 0.5) is 23.2 Å². The van der Waals surface area contributed by atoms with E-state index in [1.807, 2.05) is 36.1 Å². The minimum absolute atomic E-state index is 0.278. The molecule has 1 aromatic heterocycles. The van der Waals surface area contributed by atoms with Crippen molar-refractivity contribution in [1.29, 1.82) is 0 Å². The van der Waals surface area contributed by atoms with Crippen molar-refractivity contribution in [3.63, 3.8) is 0 Å². The quantitative estimate of drug-likeness (QED) is 0.319. The number of piperazine rings is 1. The fourth-order valence-electron chi connectivity index (χ4n) is 4.43. The van der Waals surface area contributed by atoms with E-state index in [-0.39, 0.29) is 17.2 Å². The van der Waals surface area contributed by atoms with Crippen LogP contribution in [0.15, 0.2) is 78.9 Å². The van der Waals surface area contributed by atoms with Crippen LogP contribution < -0.4 is 4.90 Å². The third-order valence-corrected chi connectivity index (χ3v) is 6.46. The number of rotatable bonds is 4. The van der Waals surface area contributed by atoms with Gasteiger partial charge in [-0.05, 0) is 55.5 Å². The fraction of sp³-hybridized carbons (Fsp3) is 0.214. The van der Waals surface area contributed by atoms with E-state index in [0.29, 0.717) is 43.2 Å². The normalized spacial score (nSPS) is 14.2. The Morgan fingerprint density at radius 2 is 1.54 bits per heavy atom. The first-order valence-electron chi connectivity index (χ1n) is 11.8. The molecular weight excluding hydrogens is 484 g/mol. The lowest BCUT2D eigenvalue weighted by Gasteiger charge is -2.36. The zero-order chi connectivity index (χ0) is 26.2. The van der Waals surface area contributed by atoms with Crippen molar-refractivity contribution in [2.75, 3.05) is 31.1 Å². The second-order valence-electron chi connectivity index (χ2n) is 8.97. The number of hydrogen-bond donors (Lipinski definition) is 0. The third-order valence-electron chi connectivity index (χ3n) is 6.46. The topological polar surface area (TPSA) is 41.4 Å². The van der Waals surface area contributed by atoms with E-state index in [4.69, 9.17) is 0 Å². The maximum atomic E-state index is 14.5. The van der Waals surface area contributed by atoms with Gasteiger partial charge in [-0.25, -0.2) is 9.07 Å². The molecule has 190 valence electrons. The van der Waals surface area contributed by atoms with Crippen LogP contribution in [-0.2, 0) is 6.18 Å². The molecule has 0 bridgehead atoms. The standard InChI is InChI=1S/C28H24F4N4O/c1-19-9-11-21(12-10-19)36-26(18-25(33-36)23-7-2-3-8-24(23)29)27(37)35-15-13-34(14-16-35)22-6-4-5-20(17-22)28(30,31)32/h2-12,17-18H,13-16H2,1H3. The molecule has 0 atom stereocenters.